The molecule has 2 atom stereocenters. The molecule has 0 bridgehead atoms. The number of nitro benzene ring substituents is 1. The summed E-state index contributed by atoms with van der Waals surface area (Å²) in [6.45, 7) is 1.99. The molecule has 1 saturated heterocycles. The van der Waals surface area contributed by atoms with E-state index in [4.69, 9.17) is 10.5 Å². The molecule has 1 heterocycles. The van der Waals surface area contributed by atoms with Crippen molar-refractivity contribution in [2.45, 2.75) is 32.0 Å². The van der Waals surface area contributed by atoms with Crippen LogP contribution in [0.2, 0.25) is 0 Å². The highest BCUT2D eigenvalue weighted by molar-refractivity contribution is 5.95. The van der Waals surface area contributed by atoms with Gasteiger partial charge in [-0.1, -0.05) is 6.07 Å². The van der Waals surface area contributed by atoms with Crippen molar-refractivity contribution >= 4 is 29.7 Å². The number of carbonyl (C=O) groups is 1. The molecule has 116 valence electrons. The fourth-order valence-corrected chi connectivity index (χ4v) is 2.24. The minimum atomic E-state index is -0.540. The Morgan fingerprint density at radius 3 is 2.81 bits per heavy atom. The fourth-order valence-electron chi connectivity index (χ4n) is 2.24. The molecule has 0 unspecified atom stereocenters. The third-order valence-electron chi connectivity index (χ3n) is 3.42. The molecule has 0 aliphatic carbocycles. The number of anilines is 1. The van der Waals surface area contributed by atoms with E-state index in [0.29, 0.717) is 24.2 Å². The molecule has 1 aliphatic rings. The van der Waals surface area contributed by atoms with Crippen LogP contribution in [-0.2, 0) is 9.53 Å². The lowest BCUT2D eigenvalue weighted by Crippen LogP contribution is -2.30. The second kappa shape index (κ2) is 7.35. The summed E-state index contributed by atoms with van der Waals surface area (Å²) in [5, 5.41) is 13.5. The summed E-state index contributed by atoms with van der Waals surface area (Å²) in [4.78, 5) is 22.4. The van der Waals surface area contributed by atoms with Crippen molar-refractivity contribution in [1.82, 2.24) is 0 Å². The smallest absolute Gasteiger partial charge is 0.274 e. The highest BCUT2D eigenvalue weighted by Crippen LogP contribution is 2.26. The maximum Gasteiger partial charge on any atom is 0.274 e. The van der Waals surface area contributed by atoms with Crippen molar-refractivity contribution in [1.29, 1.82) is 0 Å². The van der Waals surface area contributed by atoms with E-state index in [1.54, 1.807) is 19.1 Å². The average Bonchev–Trinajstić information content (AvgIpc) is 2.89. The number of benzene rings is 1. The molecule has 2 rings (SSSR count). The number of carbonyl (C=O) groups excluding carboxylic acids is 1. The molecule has 3 N–H and O–H groups in total. The molecule has 1 amide bonds. The Hall–Kier alpha value is -1.70. The van der Waals surface area contributed by atoms with Crippen molar-refractivity contribution in [3.8, 4) is 0 Å². The van der Waals surface area contributed by atoms with Gasteiger partial charge in [-0.15, -0.1) is 12.4 Å². The van der Waals surface area contributed by atoms with Gasteiger partial charge in [-0.2, -0.15) is 0 Å². The minimum Gasteiger partial charge on any atom is -0.364 e. The average molecular weight is 316 g/mol. The van der Waals surface area contributed by atoms with Gasteiger partial charge in [0.05, 0.1) is 22.3 Å². The van der Waals surface area contributed by atoms with E-state index in [1.807, 2.05) is 0 Å². The molecule has 0 spiro atoms. The van der Waals surface area contributed by atoms with Gasteiger partial charge in [0, 0.05) is 12.6 Å². The quantitative estimate of drug-likeness (QED) is 0.650. The number of rotatable bonds is 4. The van der Waals surface area contributed by atoms with Gasteiger partial charge in [-0.05, 0) is 25.8 Å². The summed E-state index contributed by atoms with van der Waals surface area (Å²) in [6, 6.07) is 4.58. The first-order valence-electron chi connectivity index (χ1n) is 6.43. The zero-order valence-electron chi connectivity index (χ0n) is 11.6. The Labute approximate surface area is 128 Å². The standard InChI is InChI=1S/C13H17N3O4.ClH/c1-8-10(3-2-4-11(8)16(18)19)15-13(17)12-6-5-9(7-14)20-12;/h2-4,9,12H,5-7,14H2,1H3,(H,15,17);1H/t9-,12+;/m1./s1. The molecular formula is C13H18ClN3O4. The third-order valence-corrected chi connectivity index (χ3v) is 3.42. The van der Waals surface area contributed by atoms with Gasteiger partial charge >= 0.3 is 0 Å². The number of ether oxygens (including phenoxy) is 1. The molecule has 0 radical (unpaired) electrons. The molecule has 21 heavy (non-hydrogen) atoms. The zero-order valence-corrected chi connectivity index (χ0v) is 12.4. The van der Waals surface area contributed by atoms with Crippen LogP contribution in [0, 0.1) is 17.0 Å². The lowest BCUT2D eigenvalue weighted by atomic mass is 10.1. The summed E-state index contributed by atoms with van der Waals surface area (Å²) in [5.41, 5.74) is 6.34. The van der Waals surface area contributed by atoms with Gasteiger partial charge < -0.3 is 15.8 Å². The van der Waals surface area contributed by atoms with Crippen molar-refractivity contribution in [3.63, 3.8) is 0 Å². The van der Waals surface area contributed by atoms with E-state index in [-0.39, 0.29) is 30.1 Å². The van der Waals surface area contributed by atoms with Crippen LogP contribution in [0.25, 0.3) is 0 Å². The van der Waals surface area contributed by atoms with E-state index in [0.717, 1.165) is 6.42 Å². The van der Waals surface area contributed by atoms with Gasteiger partial charge in [-0.3, -0.25) is 14.9 Å². The first-order chi connectivity index (χ1) is 9.52. The van der Waals surface area contributed by atoms with Crippen molar-refractivity contribution in [2.75, 3.05) is 11.9 Å². The number of hydrogen-bond donors (Lipinski definition) is 2. The van der Waals surface area contributed by atoms with Crippen LogP contribution >= 0.6 is 12.4 Å². The van der Waals surface area contributed by atoms with Crippen molar-refractivity contribution in [2.24, 2.45) is 5.73 Å². The maximum atomic E-state index is 12.1. The summed E-state index contributed by atoms with van der Waals surface area (Å²) in [6.07, 6.45) is 0.739. The van der Waals surface area contributed by atoms with E-state index in [2.05, 4.69) is 5.32 Å². The lowest BCUT2D eigenvalue weighted by molar-refractivity contribution is -0.385. The Bertz CT molecular complexity index is 538. The number of nitrogens with zero attached hydrogens (tertiary/aromatic N) is 1. The van der Waals surface area contributed by atoms with Crippen molar-refractivity contribution in [3.05, 3.63) is 33.9 Å². The van der Waals surface area contributed by atoms with E-state index in [9.17, 15) is 14.9 Å². The van der Waals surface area contributed by atoms with Crippen LogP contribution in [0.15, 0.2) is 18.2 Å². The Morgan fingerprint density at radius 2 is 2.24 bits per heavy atom. The fraction of sp³-hybridized carbons (Fsp3) is 0.462. The molecule has 0 saturated carbocycles. The van der Waals surface area contributed by atoms with Gasteiger partial charge in [0.25, 0.3) is 11.6 Å². The molecule has 1 aromatic carbocycles. The summed E-state index contributed by atoms with van der Waals surface area (Å²) >= 11 is 0. The van der Waals surface area contributed by atoms with Crippen LogP contribution in [0.1, 0.15) is 18.4 Å². The van der Waals surface area contributed by atoms with Gasteiger partial charge in [0.15, 0.2) is 0 Å². The Morgan fingerprint density at radius 1 is 1.52 bits per heavy atom. The Balaban J connectivity index is 0.00000220. The second-order valence-corrected chi connectivity index (χ2v) is 4.76. The number of halogens is 1. The molecule has 1 aliphatic heterocycles. The number of nitrogens with two attached hydrogens (primary N) is 1. The lowest BCUT2D eigenvalue weighted by Gasteiger charge is -2.14. The third kappa shape index (κ3) is 3.90. The summed E-state index contributed by atoms with van der Waals surface area (Å²) in [5.74, 6) is -0.287. The van der Waals surface area contributed by atoms with Gasteiger partial charge in [0.1, 0.15) is 6.10 Å². The van der Waals surface area contributed by atoms with Crippen molar-refractivity contribution < 1.29 is 14.5 Å². The van der Waals surface area contributed by atoms with E-state index < -0.39 is 11.0 Å². The number of hydrogen-bond acceptors (Lipinski definition) is 5. The second-order valence-electron chi connectivity index (χ2n) is 4.76. The molecule has 1 fully saturated rings. The molecule has 7 nitrogen and oxygen atoms in total. The monoisotopic (exact) mass is 315 g/mol. The van der Waals surface area contributed by atoms with Crippen LogP contribution < -0.4 is 11.1 Å². The summed E-state index contributed by atoms with van der Waals surface area (Å²) < 4.78 is 5.49. The first-order valence-corrected chi connectivity index (χ1v) is 6.43. The highest BCUT2D eigenvalue weighted by atomic mass is 35.5. The Kier molecular flexibility index (Phi) is 6.07. The van der Waals surface area contributed by atoms with Crippen LogP contribution in [0.3, 0.4) is 0 Å². The molecular weight excluding hydrogens is 298 g/mol. The van der Waals surface area contributed by atoms with Gasteiger partial charge in [-0.25, -0.2) is 0 Å². The molecule has 8 heteroatoms. The number of nitrogens with one attached hydrogen (secondary N) is 1. The van der Waals surface area contributed by atoms with E-state index >= 15 is 0 Å². The highest BCUT2D eigenvalue weighted by Gasteiger charge is 2.30. The SMILES string of the molecule is Cc1c(NC(=O)[C@@H]2CC[C@H](CN)O2)cccc1[N+](=O)[O-].Cl. The summed E-state index contributed by atoms with van der Waals surface area (Å²) in [7, 11) is 0. The number of nitro groups is 1. The normalized spacial score (nSPS) is 20.7. The van der Waals surface area contributed by atoms with E-state index in [1.165, 1.54) is 6.07 Å². The van der Waals surface area contributed by atoms with Crippen LogP contribution in [0.5, 0.6) is 0 Å². The predicted molar refractivity (Wildman–Crippen MR) is 80.7 cm³/mol. The minimum absolute atomic E-state index is 0. The largest absolute Gasteiger partial charge is 0.364 e. The predicted octanol–water partition coefficient (Wildman–Crippen LogP) is 1.77. The zero-order chi connectivity index (χ0) is 14.7. The molecule has 1 aromatic rings. The van der Waals surface area contributed by atoms with Crippen LogP contribution in [-0.4, -0.2) is 29.6 Å². The van der Waals surface area contributed by atoms with Crippen LogP contribution in [0.4, 0.5) is 11.4 Å². The first kappa shape index (κ1) is 17.4. The van der Waals surface area contributed by atoms with Gasteiger partial charge in [0.2, 0.25) is 0 Å². The topological polar surface area (TPSA) is 107 Å². The molecule has 0 aromatic heterocycles. The maximum absolute atomic E-state index is 12.1. The number of amides is 1.